The van der Waals surface area contributed by atoms with Gasteiger partial charge in [-0.15, -0.1) is 0 Å². The molecule has 3 N–H and O–H groups in total. The standard InChI is InChI=1S/C15H25N3O2/c16-12-4-3-11(9-12)14(19)17-13-5-7-18(8-6-13)15(20)10-1-2-10/h10-13H,1-9,16H2,(H,17,19). The Morgan fingerprint density at radius 2 is 1.60 bits per heavy atom. The van der Waals surface area contributed by atoms with Crippen LogP contribution in [-0.2, 0) is 9.59 Å². The summed E-state index contributed by atoms with van der Waals surface area (Å²) in [5.41, 5.74) is 5.86. The van der Waals surface area contributed by atoms with E-state index in [2.05, 4.69) is 5.32 Å². The summed E-state index contributed by atoms with van der Waals surface area (Å²) >= 11 is 0. The van der Waals surface area contributed by atoms with Gasteiger partial charge >= 0.3 is 0 Å². The molecule has 2 unspecified atom stereocenters. The van der Waals surface area contributed by atoms with Gasteiger partial charge in [-0.1, -0.05) is 0 Å². The highest BCUT2D eigenvalue weighted by Gasteiger charge is 2.35. The molecule has 20 heavy (non-hydrogen) atoms. The lowest BCUT2D eigenvalue weighted by Gasteiger charge is -2.33. The summed E-state index contributed by atoms with van der Waals surface area (Å²) in [5, 5.41) is 3.15. The molecule has 3 fully saturated rings. The van der Waals surface area contributed by atoms with Crippen molar-refractivity contribution in [2.24, 2.45) is 17.6 Å². The zero-order chi connectivity index (χ0) is 14.1. The van der Waals surface area contributed by atoms with Gasteiger partial charge in [0.05, 0.1) is 0 Å². The molecule has 0 spiro atoms. The first-order chi connectivity index (χ1) is 9.63. The molecule has 5 heteroatoms. The molecule has 2 aliphatic carbocycles. The fourth-order valence-electron chi connectivity index (χ4n) is 3.41. The number of hydrogen-bond acceptors (Lipinski definition) is 3. The Morgan fingerprint density at radius 1 is 0.950 bits per heavy atom. The molecule has 2 amide bonds. The Morgan fingerprint density at radius 3 is 2.15 bits per heavy atom. The van der Waals surface area contributed by atoms with Crippen molar-refractivity contribution in [2.75, 3.05) is 13.1 Å². The second kappa shape index (κ2) is 5.72. The first kappa shape index (κ1) is 13.9. The van der Waals surface area contributed by atoms with Crippen LogP contribution in [-0.4, -0.2) is 41.9 Å². The molecule has 112 valence electrons. The van der Waals surface area contributed by atoms with Gasteiger partial charge in [0.2, 0.25) is 11.8 Å². The van der Waals surface area contributed by atoms with Crippen LogP contribution in [0.15, 0.2) is 0 Å². The van der Waals surface area contributed by atoms with Crippen LogP contribution < -0.4 is 11.1 Å². The monoisotopic (exact) mass is 279 g/mol. The summed E-state index contributed by atoms with van der Waals surface area (Å²) < 4.78 is 0. The van der Waals surface area contributed by atoms with Crippen LogP contribution in [0.25, 0.3) is 0 Å². The van der Waals surface area contributed by atoms with Crippen molar-refractivity contribution in [2.45, 2.75) is 57.0 Å². The Labute approximate surface area is 120 Å². The Balaban J connectivity index is 1.41. The SMILES string of the molecule is NC1CCC(C(=O)NC2CCN(C(=O)C3CC3)CC2)C1. The zero-order valence-electron chi connectivity index (χ0n) is 12.0. The van der Waals surface area contributed by atoms with Crippen molar-refractivity contribution in [3.8, 4) is 0 Å². The molecule has 2 atom stereocenters. The number of nitrogens with zero attached hydrogens (tertiary/aromatic N) is 1. The summed E-state index contributed by atoms with van der Waals surface area (Å²) in [5.74, 6) is 0.915. The minimum absolute atomic E-state index is 0.108. The lowest BCUT2D eigenvalue weighted by Crippen LogP contribution is -2.48. The molecule has 0 bridgehead atoms. The van der Waals surface area contributed by atoms with Crippen molar-refractivity contribution in [3.63, 3.8) is 0 Å². The normalized spacial score (nSPS) is 31.4. The third kappa shape index (κ3) is 3.14. The summed E-state index contributed by atoms with van der Waals surface area (Å²) in [6.07, 6.45) is 6.63. The Kier molecular flexibility index (Phi) is 3.96. The number of rotatable bonds is 3. The maximum Gasteiger partial charge on any atom is 0.225 e. The van der Waals surface area contributed by atoms with Gasteiger partial charge in [0.15, 0.2) is 0 Å². The first-order valence-electron chi connectivity index (χ1n) is 7.98. The number of carbonyl (C=O) groups excluding carboxylic acids is 2. The van der Waals surface area contributed by atoms with E-state index in [1.54, 1.807) is 0 Å². The van der Waals surface area contributed by atoms with Gasteiger partial charge in [0, 0.05) is 37.0 Å². The van der Waals surface area contributed by atoms with E-state index < -0.39 is 0 Å². The van der Waals surface area contributed by atoms with Gasteiger partial charge < -0.3 is 16.0 Å². The van der Waals surface area contributed by atoms with Gasteiger partial charge in [-0.2, -0.15) is 0 Å². The third-order valence-corrected chi connectivity index (χ3v) is 4.92. The largest absolute Gasteiger partial charge is 0.353 e. The zero-order valence-corrected chi connectivity index (χ0v) is 12.0. The Hall–Kier alpha value is -1.10. The van der Waals surface area contributed by atoms with Crippen molar-refractivity contribution in [1.29, 1.82) is 0 Å². The summed E-state index contributed by atoms with van der Waals surface area (Å²) in [4.78, 5) is 26.1. The number of carbonyl (C=O) groups is 2. The highest BCUT2D eigenvalue weighted by Crippen LogP contribution is 2.32. The molecule has 2 saturated carbocycles. The quantitative estimate of drug-likeness (QED) is 0.795. The van der Waals surface area contributed by atoms with E-state index in [-0.39, 0.29) is 23.9 Å². The lowest BCUT2D eigenvalue weighted by atomic mass is 10.0. The summed E-state index contributed by atoms with van der Waals surface area (Å²) in [6, 6.07) is 0.436. The average molecular weight is 279 g/mol. The maximum atomic E-state index is 12.1. The van der Waals surface area contributed by atoms with Gasteiger partial charge in [-0.05, 0) is 44.9 Å². The average Bonchev–Trinajstić information content (AvgIpc) is 3.20. The van der Waals surface area contributed by atoms with E-state index in [1.807, 2.05) is 4.90 Å². The maximum absolute atomic E-state index is 12.1. The molecule has 0 radical (unpaired) electrons. The number of hydrogen-bond donors (Lipinski definition) is 2. The minimum Gasteiger partial charge on any atom is -0.353 e. The Bertz CT molecular complexity index is 387. The first-order valence-corrected chi connectivity index (χ1v) is 7.98. The third-order valence-electron chi connectivity index (χ3n) is 4.92. The van der Waals surface area contributed by atoms with E-state index >= 15 is 0 Å². The van der Waals surface area contributed by atoms with E-state index in [1.165, 1.54) is 0 Å². The molecular weight excluding hydrogens is 254 g/mol. The molecule has 5 nitrogen and oxygen atoms in total. The van der Waals surface area contributed by atoms with Crippen molar-refractivity contribution in [3.05, 3.63) is 0 Å². The second-order valence-electron chi connectivity index (χ2n) is 6.65. The fourth-order valence-corrected chi connectivity index (χ4v) is 3.41. The highest BCUT2D eigenvalue weighted by atomic mass is 16.2. The summed E-state index contributed by atoms with van der Waals surface area (Å²) in [7, 11) is 0. The molecule has 1 saturated heterocycles. The van der Waals surface area contributed by atoms with Crippen molar-refractivity contribution < 1.29 is 9.59 Å². The second-order valence-corrected chi connectivity index (χ2v) is 6.65. The van der Waals surface area contributed by atoms with Crippen LogP contribution in [0, 0.1) is 11.8 Å². The highest BCUT2D eigenvalue weighted by molar-refractivity contribution is 5.81. The van der Waals surface area contributed by atoms with Gasteiger partial charge in [0.1, 0.15) is 0 Å². The minimum atomic E-state index is 0.108. The van der Waals surface area contributed by atoms with E-state index in [0.717, 1.165) is 58.0 Å². The van der Waals surface area contributed by atoms with Crippen LogP contribution >= 0.6 is 0 Å². The van der Waals surface area contributed by atoms with Crippen LogP contribution in [0.1, 0.15) is 44.9 Å². The topological polar surface area (TPSA) is 75.4 Å². The van der Waals surface area contributed by atoms with Gasteiger partial charge in [-0.3, -0.25) is 9.59 Å². The van der Waals surface area contributed by atoms with Crippen LogP contribution in [0.5, 0.6) is 0 Å². The number of amides is 2. The lowest BCUT2D eigenvalue weighted by molar-refractivity contribution is -0.133. The number of likely N-dealkylation sites (tertiary alicyclic amines) is 1. The molecule has 0 aromatic heterocycles. The van der Waals surface area contributed by atoms with E-state index in [4.69, 9.17) is 5.73 Å². The predicted molar refractivity (Wildman–Crippen MR) is 75.8 cm³/mol. The molecular formula is C15H25N3O2. The number of piperidine rings is 1. The van der Waals surface area contributed by atoms with Crippen LogP contribution in [0.4, 0.5) is 0 Å². The van der Waals surface area contributed by atoms with Crippen LogP contribution in [0.3, 0.4) is 0 Å². The molecule has 0 aromatic carbocycles. The molecule has 1 heterocycles. The predicted octanol–water partition coefficient (Wildman–Crippen LogP) is 0.631. The van der Waals surface area contributed by atoms with Crippen molar-refractivity contribution in [1.82, 2.24) is 10.2 Å². The van der Waals surface area contributed by atoms with Gasteiger partial charge in [0.25, 0.3) is 0 Å². The van der Waals surface area contributed by atoms with Crippen molar-refractivity contribution >= 4 is 11.8 Å². The van der Waals surface area contributed by atoms with Crippen LogP contribution in [0.2, 0.25) is 0 Å². The molecule has 3 aliphatic rings. The molecule has 0 aromatic rings. The summed E-state index contributed by atoms with van der Waals surface area (Å²) in [6.45, 7) is 1.59. The number of nitrogens with one attached hydrogen (secondary N) is 1. The molecule has 3 rings (SSSR count). The van der Waals surface area contributed by atoms with Gasteiger partial charge in [-0.25, -0.2) is 0 Å². The molecule has 1 aliphatic heterocycles. The van der Waals surface area contributed by atoms with E-state index in [9.17, 15) is 9.59 Å². The van der Waals surface area contributed by atoms with E-state index in [0.29, 0.717) is 11.8 Å². The fraction of sp³-hybridized carbons (Fsp3) is 0.867. The smallest absolute Gasteiger partial charge is 0.225 e. The number of nitrogens with two attached hydrogens (primary N) is 1.